The van der Waals surface area contributed by atoms with Crippen LogP contribution in [0.25, 0.3) is 0 Å². The van der Waals surface area contributed by atoms with Crippen molar-refractivity contribution in [3.05, 3.63) is 9.81 Å². The Morgan fingerprint density at radius 3 is 2.11 bits per heavy atom. The first-order valence-corrected chi connectivity index (χ1v) is 4.91. The van der Waals surface area contributed by atoms with Crippen LogP contribution in [0.3, 0.4) is 0 Å². The van der Waals surface area contributed by atoms with Gasteiger partial charge in [0, 0.05) is 9.81 Å². The molecule has 0 fully saturated rings. The van der Waals surface area contributed by atoms with E-state index in [0.717, 1.165) is 0 Å². The van der Waals surface area contributed by atoms with Crippen LogP contribution in [-0.2, 0) is 0 Å². The minimum absolute atomic E-state index is 1.32. The second kappa shape index (κ2) is 2.56. The molecule has 0 saturated heterocycles. The third-order valence-electron chi connectivity index (χ3n) is 1.70. The SMILES string of the molecule is C1CCC2=C(C1)SNS2. The van der Waals surface area contributed by atoms with Crippen molar-refractivity contribution in [2.45, 2.75) is 25.7 Å². The summed E-state index contributed by atoms with van der Waals surface area (Å²) in [5, 5.41) is 0. The molecule has 0 amide bonds. The van der Waals surface area contributed by atoms with Crippen molar-refractivity contribution in [2.24, 2.45) is 0 Å². The van der Waals surface area contributed by atoms with Crippen molar-refractivity contribution in [3.63, 3.8) is 0 Å². The van der Waals surface area contributed by atoms with E-state index in [9.17, 15) is 0 Å². The van der Waals surface area contributed by atoms with Gasteiger partial charge in [-0.3, -0.25) is 0 Å². The molecule has 1 heterocycles. The van der Waals surface area contributed by atoms with E-state index < -0.39 is 0 Å². The van der Waals surface area contributed by atoms with E-state index in [4.69, 9.17) is 0 Å². The minimum atomic E-state index is 1.32. The zero-order chi connectivity index (χ0) is 6.10. The van der Waals surface area contributed by atoms with Crippen LogP contribution in [0.15, 0.2) is 9.81 Å². The van der Waals surface area contributed by atoms with E-state index >= 15 is 0 Å². The lowest BCUT2D eigenvalue weighted by Crippen LogP contribution is -1.89. The van der Waals surface area contributed by atoms with Crippen LogP contribution in [0.5, 0.6) is 0 Å². The van der Waals surface area contributed by atoms with Crippen molar-refractivity contribution in [1.82, 2.24) is 4.13 Å². The third-order valence-corrected chi connectivity index (χ3v) is 3.89. The first kappa shape index (κ1) is 6.13. The number of hydrogen-bond donors (Lipinski definition) is 1. The number of rotatable bonds is 0. The highest BCUT2D eigenvalue weighted by Crippen LogP contribution is 2.42. The lowest BCUT2D eigenvalue weighted by atomic mass is 10.1. The summed E-state index contributed by atoms with van der Waals surface area (Å²) in [5.41, 5.74) is 0. The van der Waals surface area contributed by atoms with Crippen molar-refractivity contribution in [1.29, 1.82) is 0 Å². The van der Waals surface area contributed by atoms with Gasteiger partial charge in [0.15, 0.2) is 0 Å². The molecule has 1 aliphatic heterocycles. The molecule has 0 unspecified atom stereocenters. The predicted molar refractivity (Wildman–Crippen MR) is 43.8 cm³/mol. The minimum Gasteiger partial charge on any atom is -0.200 e. The van der Waals surface area contributed by atoms with E-state index in [2.05, 4.69) is 4.13 Å². The smallest absolute Gasteiger partial charge is 0.0120 e. The highest BCUT2D eigenvalue weighted by atomic mass is 32.2. The Bertz CT molecular complexity index is 137. The van der Waals surface area contributed by atoms with Gasteiger partial charge < -0.3 is 0 Å². The normalized spacial score (nSPS) is 26.7. The molecule has 1 aliphatic carbocycles. The van der Waals surface area contributed by atoms with Crippen molar-refractivity contribution < 1.29 is 0 Å². The summed E-state index contributed by atoms with van der Waals surface area (Å²) in [6.45, 7) is 0. The van der Waals surface area contributed by atoms with Crippen LogP contribution in [0, 0.1) is 0 Å². The van der Waals surface area contributed by atoms with Crippen LogP contribution in [0.2, 0.25) is 0 Å². The molecular weight excluding hydrogens is 150 g/mol. The molecule has 2 aliphatic rings. The van der Waals surface area contributed by atoms with Gasteiger partial charge in [0.05, 0.1) is 0 Å². The summed E-state index contributed by atoms with van der Waals surface area (Å²) in [7, 11) is 0. The fourth-order valence-corrected chi connectivity index (χ4v) is 3.33. The lowest BCUT2D eigenvalue weighted by molar-refractivity contribution is 0.718. The van der Waals surface area contributed by atoms with Gasteiger partial charge in [-0.25, -0.2) is 0 Å². The molecule has 1 N–H and O–H groups in total. The summed E-state index contributed by atoms with van der Waals surface area (Å²) >= 11 is 3.64. The Morgan fingerprint density at radius 1 is 1.00 bits per heavy atom. The van der Waals surface area contributed by atoms with Gasteiger partial charge in [-0.2, -0.15) is 4.13 Å². The average Bonchev–Trinajstić information content (AvgIpc) is 2.33. The Labute approximate surface area is 63.9 Å². The van der Waals surface area contributed by atoms with Gasteiger partial charge in [0.25, 0.3) is 0 Å². The molecule has 0 radical (unpaired) electrons. The van der Waals surface area contributed by atoms with E-state index in [1.807, 2.05) is 23.9 Å². The summed E-state index contributed by atoms with van der Waals surface area (Å²) in [6.07, 6.45) is 5.43. The summed E-state index contributed by atoms with van der Waals surface area (Å²) in [5.74, 6) is 0. The van der Waals surface area contributed by atoms with Gasteiger partial charge in [-0.05, 0) is 49.6 Å². The second-order valence-electron chi connectivity index (χ2n) is 2.34. The monoisotopic (exact) mass is 159 g/mol. The molecule has 0 aromatic rings. The molecule has 0 spiro atoms. The zero-order valence-electron chi connectivity index (χ0n) is 5.14. The van der Waals surface area contributed by atoms with Crippen LogP contribution in [0.1, 0.15) is 25.7 Å². The number of allylic oxidation sites excluding steroid dienone is 2. The van der Waals surface area contributed by atoms with E-state index in [1.165, 1.54) is 25.7 Å². The van der Waals surface area contributed by atoms with Gasteiger partial charge in [-0.15, -0.1) is 0 Å². The molecule has 2 rings (SSSR count). The molecule has 0 atom stereocenters. The maximum atomic E-state index is 3.22. The van der Waals surface area contributed by atoms with Crippen LogP contribution >= 0.6 is 23.9 Å². The molecule has 50 valence electrons. The zero-order valence-corrected chi connectivity index (χ0v) is 6.78. The highest BCUT2D eigenvalue weighted by molar-refractivity contribution is 8.19. The summed E-state index contributed by atoms with van der Waals surface area (Å²) in [4.78, 5) is 3.21. The molecule has 0 saturated carbocycles. The van der Waals surface area contributed by atoms with Crippen LogP contribution in [-0.4, -0.2) is 0 Å². The Balaban J connectivity index is 2.17. The van der Waals surface area contributed by atoms with E-state index in [0.29, 0.717) is 0 Å². The van der Waals surface area contributed by atoms with Gasteiger partial charge in [0.1, 0.15) is 0 Å². The van der Waals surface area contributed by atoms with Crippen molar-refractivity contribution >= 4 is 23.9 Å². The molecule has 1 nitrogen and oxygen atoms in total. The fraction of sp³-hybridized carbons (Fsp3) is 0.667. The molecule has 0 aromatic carbocycles. The topological polar surface area (TPSA) is 12.0 Å². The fourth-order valence-electron chi connectivity index (χ4n) is 1.19. The third kappa shape index (κ3) is 1.14. The maximum Gasteiger partial charge on any atom is 0.0120 e. The van der Waals surface area contributed by atoms with E-state index in [-0.39, 0.29) is 0 Å². The van der Waals surface area contributed by atoms with Crippen molar-refractivity contribution in [3.8, 4) is 0 Å². The highest BCUT2D eigenvalue weighted by Gasteiger charge is 2.18. The van der Waals surface area contributed by atoms with Crippen molar-refractivity contribution in [2.75, 3.05) is 0 Å². The Hall–Kier alpha value is 0.400. The quantitative estimate of drug-likeness (QED) is 0.546. The molecule has 0 aromatic heterocycles. The predicted octanol–water partition coefficient (Wildman–Crippen LogP) is 2.67. The number of hydrogen-bond acceptors (Lipinski definition) is 3. The first-order valence-electron chi connectivity index (χ1n) is 3.27. The Morgan fingerprint density at radius 2 is 1.56 bits per heavy atom. The standard InChI is InChI=1S/C6H9NS2/c1-2-4-6-5(3-1)8-7-9-6/h7H,1-4H2. The average molecular weight is 159 g/mol. The summed E-state index contributed by atoms with van der Waals surface area (Å²) < 4.78 is 3.22. The van der Waals surface area contributed by atoms with Gasteiger partial charge in [-0.1, -0.05) is 0 Å². The molecule has 3 heteroatoms. The first-order chi connectivity index (χ1) is 4.47. The van der Waals surface area contributed by atoms with Crippen LogP contribution < -0.4 is 4.13 Å². The van der Waals surface area contributed by atoms with Crippen LogP contribution in [0.4, 0.5) is 0 Å². The molecular formula is C6H9NS2. The van der Waals surface area contributed by atoms with Gasteiger partial charge in [0.2, 0.25) is 0 Å². The largest absolute Gasteiger partial charge is 0.200 e. The molecule has 9 heavy (non-hydrogen) atoms. The molecule has 0 bridgehead atoms. The maximum absolute atomic E-state index is 3.22. The lowest BCUT2D eigenvalue weighted by Gasteiger charge is -2.09. The summed E-state index contributed by atoms with van der Waals surface area (Å²) in [6, 6.07) is 0. The number of nitrogens with one attached hydrogen (secondary N) is 1. The van der Waals surface area contributed by atoms with E-state index in [1.54, 1.807) is 9.81 Å². The Kier molecular flexibility index (Phi) is 1.75. The van der Waals surface area contributed by atoms with Gasteiger partial charge >= 0.3 is 0 Å². The second-order valence-corrected chi connectivity index (χ2v) is 4.40.